The Morgan fingerprint density at radius 2 is 1.88 bits per heavy atom. The lowest BCUT2D eigenvalue weighted by Crippen LogP contribution is -2.34. The van der Waals surface area contributed by atoms with Crippen LogP contribution < -0.4 is 4.90 Å². The number of aryl methyl sites for hydroxylation is 1. The number of amides is 1. The van der Waals surface area contributed by atoms with E-state index in [0.29, 0.717) is 12.2 Å². The smallest absolute Gasteiger partial charge is 0.251 e. The number of carbonyl (C=O) groups excluding carboxylic acids is 1. The molecule has 0 bridgehead atoms. The summed E-state index contributed by atoms with van der Waals surface area (Å²) in [5.74, 6) is -0.0187. The molecule has 3 aromatic rings. The maximum atomic E-state index is 12.6. The largest absolute Gasteiger partial charge is 0.309 e. The van der Waals surface area contributed by atoms with E-state index in [4.69, 9.17) is 0 Å². The fourth-order valence-electron chi connectivity index (χ4n) is 3.25. The molecule has 0 saturated heterocycles. The highest BCUT2D eigenvalue weighted by Crippen LogP contribution is 2.26. The minimum Gasteiger partial charge on any atom is -0.309 e. The zero-order valence-electron chi connectivity index (χ0n) is 14.5. The van der Waals surface area contributed by atoms with Crippen molar-refractivity contribution in [1.82, 2.24) is 15.0 Å². The monoisotopic (exact) mass is 344 g/mol. The highest BCUT2D eigenvalue weighted by atomic mass is 16.2. The first-order chi connectivity index (χ1) is 12.8. The van der Waals surface area contributed by atoms with Gasteiger partial charge in [-0.1, -0.05) is 53.7 Å². The van der Waals surface area contributed by atoms with Crippen LogP contribution in [0.25, 0.3) is 6.08 Å². The maximum absolute atomic E-state index is 12.6. The number of hydrogen-bond acceptors (Lipinski definition) is 3. The van der Waals surface area contributed by atoms with Gasteiger partial charge in [0.2, 0.25) is 0 Å². The van der Waals surface area contributed by atoms with Crippen LogP contribution in [0.4, 0.5) is 5.69 Å². The molecule has 5 nitrogen and oxygen atoms in total. The first-order valence-electron chi connectivity index (χ1n) is 8.81. The Kier molecular flexibility index (Phi) is 4.60. The van der Waals surface area contributed by atoms with Crippen LogP contribution in [0.1, 0.15) is 23.2 Å². The van der Waals surface area contributed by atoms with E-state index in [-0.39, 0.29) is 5.91 Å². The third-order valence-corrected chi connectivity index (χ3v) is 4.52. The average Bonchev–Trinajstić information content (AvgIpc) is 3.14. The number of benzene rings is 2. The lowest BCUT2D eigenvalue weighted by Gasteiger charge is -2.28. The third-order valence-electron chi connectivity index (χ3n) is 4.52. The second-order valence-electron chi connectivity index (χ2n) is 6.38. The van der Waals surface area contributed by atoms with Gasteiger partial charge in [0.1, 0.15) is 5.69 Å². The van der Waals surface area contributed by atoms with Crippen molar-refractivity contribution in [2.75, 3.05) is 11.4 Å². The van der Waals surface area contributed by atoms with Gasteiger partial charge in [0.05, 0.1) is 12.7 Å². The zero-order chi connectivity index (χ0) is 17.8. The highest BCUT2D eigenvalue weighted by molar-refractivity contribution is 6.04. The van der Waals surface area contributed by atoms with Crippen LogP contribution in [0.15, 0.2) is 66.9 Å². The molecule has 0 atom stereocenters. The Labute approximate surface area is 152 Å². The normalized spacial score (nSPS) is 13.8. The summed E-state index contributed by atoms with van der Waals surface area (Å²) in [7, 11) is 0. The first kappa shape index (κ1) is 16.3. The van der Waals surface area contributed by atoms with E-state index >= 15 is 0 Å². The Balaban J connectivity index is 1.45. The fraction of sp³-hybridized carbons (Fsp3) is 0.190. The van der Waals surface area contributed by atoms with E-state index in [1.54, 1.807) is 16.8 Å². The molecule has 2 aromatic carbocycles. The number of rotatable bonds is 4. The molecule has 1 aliphatic rings. The maximum Gasteiger partial charge on any atom is 0.251 e. The standard InChI is InChI=1S/C21H20N4O/c26-21(25-14-6-10-18-9-4-5-11-20(18)25)13-12-19-16-24(23-22-19)15-17-7-2-1-3-8-17/h1-5,7-9,11-13,16H,6,10,14-15H2. The second kappa shape index (κ2) is 7.35. The van der Waals surface area contributed by atoms with Crippen molar-refractivity contribution in [3.05, 3.63) is 83.7 Å². The minimum atomic E-state index is -0.0187. The fourth-order valence-corrected chi connectivity index (χ4v) is 3.25. The molecule has 1 amide bonds. The van der Waals surface area contributed by atoms with Gasteiger partial charge < -0.3 is 4.90 Å². The third kappa shape index (κ3) is 3.57. The minimum absolute atomic E-state index is 0.0187. The Hall–Kier alpha value is -3.21. The van der Waals surface area contributed by atoms with E-state index < -0.39 is 0 Å². The van der Waals surface area contributed by atoms with Crippen molar-refractivity contribution in [2.24, 2.45) is 0 Å². The van der Waals surface area contributed by atoms with Crippen LogP contribution in [-0.2, 0) is 17.8 Å². The van der Waals surface area contributed by atoms with E-state index in [2.05, 4.69) is 28.5 Å². The van der Waals surface area contributed by atoms with Gasteiger partial charge in [0.25, 0.3) is 5.91 Å². The second-order valence-corrected chi connectivity index (χ2v) is 6.38. The van der Waals surface area contributed by atoms with Crippen molar-refractivity contribution in [1.29, 1.82) is 0 Å². The molecule has 130 valence electrons. The average molecular weight is 344 g/mol. The van der Waals surface area contributed by atoms with E-state index in [1.165, 1.54) is 5.56 Å². The molecular weight excluding hydrogens is 324 g/mol. The predicted molar refractivity (Wildman–Crippen MR) is 102 cm³/mol. The SMILES string of the molecule is O=C(C=Cc1cn(Cc2ccccc2)nn1)N1CCCc2ccccc21. The molecule has 26 heavy (non-hydrogen) atoms. The van der Waals surface area contributed by atoms with Crippen molar-refractivity contribution in [3.8, 4) is 0 Å². The highest BCUT2D eigenvalue weighted by Gasteiger charge is 2.20. The van der Waals surface area contributed by atoms with Crippen LogP contribution >= 0.6 is 0 Å². The lowest BCUT2D eigenvalue weighted by molar-refractivity contribution is -0.114. The van der Waals surface area contributed by atoms with E-state index in [9.17, 15) is 4.79 Å². The molecule has 0 saturated carbocycles. The summed E-state index contributed by atoms with van der Waals surface area (Å²) in [6, 6.07) is 18.2. The molecule has 0 radical (unpaired) electrons. The van der Waals surface area contributed by atoms with Crippen molar-refractivity contribution < 1.29 is 4.79 Å². The molecule has 0 N–H and O–H groups in total. The van der Waals surface area contributed by atoms with Crippen LogP contribution in [0.2, 0.25) is 0 Å². The summed E-state index contributed by atoms with van der Waals surface area (Å²) >= 11 is 0. The Bertz CT molecular complexity index is 930. The Morgan fingerprint density at radius 3 is 2.77 bits per heavy atom. The topological polar surface area (TPSA) is 51.0 Å². The van der Waals surface area contributed by atoms with Gasteiger partial charge in [-0.25, -0.2) is 4.68 Å². The quantitative estimate of drug-likeness (QED) is 0.682. The summed E-state index contributed by atoms with van der Waals surface area (Å²) in [5, 5.41) is 8.26. The van der Waals surface area contributed by atoms with Gasteiger partial charge in [-0.2, -0.15) is 0 Å². The molecule has 2 heterocycles. The first-order valence-corrected chi connectivity index (χ1v) is 8.81. The number of aromatic nitrogens is 3. The number of fused-ring (bicyclic) bond motifs is 1. The van der Waals surface area contributed by atoms with Crippen LogP contribution in [0.3, 0.4) is 0 Å². The van der Waals surface area contributed by atoms with E-state index in [0.717, 1.165) is 30.6 Å². The van der Waals surface area contributed by atoms with Gasteiger partial charge >= 0.3 is 0 Å². The molecule has 0 spiro atoms. The Morgan fingerprint density at radius 1 is 1.08 bits per heavy atom. The molecule has 1 aromatic heterocycles. The molecular formula is C21H20N4O. The van der Waals surface area contributed by atoms with Crippen molar-refractivity contribution in [3.63, 3.8) is 0 Å². The molecule has 0 unspecified atom stereocenters. The molecule has 0 aliphatic carbocycles. The van der Waals surface area contributed by atoms with Gasteiger partial charge in [0.15, 0.2) is 0 Å². The van der Waals surface area contributed by atoms with Gasteiger partial charge in [-0.05, 0) is 36.1 Å². The van der Waals surface area contributed by atoms with Gasteiger partial charge in [0, 0.05) is 18.3 Å². The van der Waals surface area contributed by atoms with Crippen molar-refractivity contribution >= 4 is 17.7 Å². The summed E-state index contributed by atoms with van der Waals surface area (Å²) in [6.45, 7) is 1.41. The number of anilines is 1. The summed E-state index contributed by atoms with van der Waals surface area (Å²) in [4.78, 5) is 14.5. The molecule has 4 rings (SSSR count). The number of nitrogens with zero attached hydrogens (tertiary/aromatic N) is 4. The summed E-state index contributed by atoms with van der Waals surface area (Å²) in [5.41, 5.74) is 4.09. The van der Waals surface area contributed by atoms with Gasteiger partial charge in [-0.3, -0.25) is 4.79 Å². The van der Waals surface area contributed by atoms with Crippen LogP contribution in [-0.4, -0.2) is 27.4 Å². The van der Waals surface area contributed by atoms with Crippen molar-refractivity contribution in [2.45, 2.75) is 19.4 Å². The zero-order valence-corrected chi connectivity index (χ0v) is 14.5. The molecule has 0 fully saturated rings. The summed E-state index contributed by atoms with van der Waals surface area (Å²) in [6.07, 6.45) is 7.18. The van der Waals surface area contributed by atoms with Crippen LogP contribution in [0.5, 0.6) is 0 Å². The molecule has 5 heteroatoms. The summed E-state index contributed by atoms with van der Waals surface area (Å²) < 4.78 is 1.77. The van der Waals surface area contributed by atoms with E-state index in [1.807, 2.05) is 47.5 Å². The number of hydrogen-bond donors (Lipinski definition) is 0. The van der Waals surface area contributed by atoms with Gasteiger partial charge in [-0.15, -0.1) is 5.10 Å². The number of para-hydroxylation sites is 1. The number of carbonyl (C=O) groups is 1. The predicted octanol–water partition coefficient (Wildman–Crippen LogP) is 3.32. The lowest BCUT2D eigenvalue weighted by atomic mass is 10.0. The molecule has 1 aliphatic heterocycles. The van der Waals surface area contributed by atoms with Crippen LogP contribution in [0, 0.1) is 0 Å².